The SMILES string of the molecule is N.c1cc2c3cccc2c3c1. The van der Waals surface area contributed by atoms with Gasteiger partial charge in [-0.1, -0.05) is 36.4 Å². The molecule has 4 aromatic rings. The Kier molecular flexibility index (Phi) is 1.06. The zero-order valence-electron chi connectivity index (χ0n) is 6.17. The third-order valence-corrected chi connectivity index (χ3v) is 2.21. The van der Waals surface area contributed by atoms with E-state index in [0.717, 1.165) is 0 Å². The van der Waals surface area contributed by atoms with E-state index in [2.05, 4.69) is 36.4 Å². The first-order valence-corrected chi connectivity index (χ1v) is 3.49. The van der Waals surface area contributed by atoms with Crippen LogP contribution in [0.4, 0.5) is 0 Å². The van der Waals surface area contributed by atoms with Crippen molar-refractivity contribution in [3.8, 4) is 0 Å². The summed E-state index contributed by atoms with van der Waals surface area (Å²) in [6.45, 7) is 0. The van der Waals surface area contributed by atoms with Crippen LogP contribution >= 0.6 is 0 Å². The first-order chi connectivity index (χ1) is 4.97. The molecule has 3 N–H and O–H groups in total. The van der Waals surface area contributed by atoms with Crippen molar-refractivity contribution in [3.63, 3.8) is 0 Å². The van der Waals surface area contributed by atoms with Gasteiger partial charge < -0.3 is 6.15 Å². The van der Waals surface area contributed by atoms with Crippen LogP contribution in [0.15, 0.2) is 36.4 Å². The van der Waals surface area contributed by atoms with Crippen LogP contribution in [0.3, 0.4) is 0 Å². The summed E-state index contributed by atoms with van der Waals surface area (Å²) in [6, 6.07) is 12.9. The van der Waals surface area contributed by atoms with E-state index < -0.39 is 0 Å². The summed E-state index contributed by atoms with van der Waals surface area (Å²) in [5.41, 5.74) is 0. The molecule has 0 aliphatic heterocycles. The van der Waals surface area contributed by atoms with Gasteiger partial charge in [-0.15, -0.1) is 0 Å². The van der Waals surface area contributed by atoms with Gasteiger partial charge in [0.1, 0.15) is 0 Å². The average Bonchev–Trinajstić information content (AvgIpc) is 2.08. The molecule has 54 valence electrons. The second kappa shape index (κ2) is 1.83. The van der Waals surface area contributed by atoms with Crippen LogP contribution in [-0.2, 0) is 0 Å². The molecule has 0 heterocycles. The molecule has 4 aromatic carbocycles. The van der Waals surface area contributed by atoms with Crippen LogP contribution in [-0.4, -0.2) is 0 Å². The number of rotatable bonds is 0. The third-order valence-electron chi connectivity index (χ3n) is 2.21. The molecule has 0 unspecified atom stereocenters. The van der Waals surface area contributed by atoms with Gasteiger partial charge >= 0.3 is 0 Å². The molecule has 4 bridgehead atoms. The Morgan fingerprint density at radius 1 is 0.545 bits per heavy atom. The lowest BCUT2D eigenvalue weighted by Crippen LogP contribution is -1.84. The lowest BCUT2D eigenvalue weighted by molar-refractivity contribution is 1.78. The van der Waals surface area contributed by atoms with E-state index in [4.69, 9.17) is 0 Å². The summed E-state index contributed by atoms with van der Waals surface area (Å²) in [5.74, 6) is 0. The molecule has 1 nitrogen and oxygen atoms in total. The van der Waals surface area contributed by atoms with Gasteiger partial charge in [0.25, 0.3) is 0 Å². The minimum atomic E-state index is 0. The van der Waals surface area contributed by atoms with Crippen molar-refractivity contribution in [2.45, 2.75) is 0 Å². The van der Waals surface area contributed by atoms with Gasteiger partial charge in [0, 0.05) is 0 Å². The van der Waals surface area contributed by atoms with Crippen molar-refractivity contribution in [3.05, 3.63) is 36.4 Å². The quantitative estimate of drug-likeness (QED) is 0.515. The van der Waals surface area contributed by atoms with Crippen LogP contribution in [0.25, 0.3) is 21.5 Å². The maximum absolute atomic E-state index is 2.18. The van der Waals surface area contributed by atoms with E-state index >= 15 is 0 Å². The summed E-state index contributed by atoms with van der Waals surface area (Å²) < 4.78 is 0. The third kappa shape index (κ3) is 0.540. The van der Waals surface area contributed by atoms with Crippen molar-refractivity contribution >= 4 is 21.5 Å². The standard InChI is InChI=1S/C10H6.H3N/c1-3-7-9-5-2-6-10(7)8(9)4-1;/h1-6H;1H3. The number of hydrogen-bond acceptors (Lipinski definition) is 1. The smallest absolute Gasteiger partial charge is 0.00990 e. The lowest BCUT2D eigenvalue weighted by atomic mass is 9.92. The van der Waals surface area contributed by atoms with Crippen LogP contribution in [0.1, 0.15) is 0 Å². The van der Waals surface area contributed by atoms with Crippen molar-refractivity contribution in [2.24, 2.45) is 0 Å². The Morgan fingerprint density at radius 2 is 0.818 bits per heavy atom. The minimum absolute atomic E-state index is 0. The fraction of sp³-hybridized carbons (Fsp3) is 0. The largest absolute Gasteiger partial charge is 0.344 e. The number of benzene rings is 4. The predicted octanol–water partition coefficient (Wildman–Crippen LogP) is 3.03. The van der Waals surface area contributed by atoms with Crippen molar-refractivity contribution in [1.29, 1.82) is 0 Å². The summed E-state index contributed by atoms with van der Waals surface area (Å²) in [4.78, 5) is 0. The van der Waals surface area contributed by atoms with Gasteiger partial charge in [-0.25, -0.2) is 0 Å². The molecule has 0 amide bonds. The van der Waals surface area contributed by atoms with Crippen molar-refractivity contribution in [1.82, 2.24) is 6.15 Å². The first kappa shape index (κ1) is 6.38. The molecule has 0 radical (unpaired) electrons. The Balaban J connectivity index is 0.000000480. The molecule has 11 heavy (non-hydrogen) atoms. The highest BCUT2D eigenvalue weighted by Crippen LogP contribution is 2.35. The highest BCUT2D eigenvalue weighted by atomic mass is 14.1. The van der Waals surface area contributed by atoms with Crippen LogP contribution in [0, 0.1) is 0 Å². The molecule has 0 saturated carbocycles. The second-order valence-electron chi connectivity index (χ2n) is 2.71. The Morgan fingerprint density at radius 3 is 1.09 bits per heavy atom. The molecule has 0 aliphatic rings. The minimum Gasteiger partial charge on any atom is -0.344 e. The van der Waals surface area contributed by atoms with Crippen LogP contribution in [0.5, 0.6) is 0 Å². The highest BCUT2D eigenvalue weighted by molar-refractivity contribution is 6.26. The van der Waals surface area contributed by atoms with Gasteiger partial charge in [0.15, 0.2) is 0 Å². The molecular weight excluding hydrogens is 134 g/mol. The predicted molar refractivity (Wildman–Crippen MR) is 48.8 cm³/mol. The number of hydrogen-bond donors (Lipinski definition) is 1. The van der Waals surface area contributed by atoms with E-state index in [1.54, 1.807) is 0 Å². The molecule has 0 aliphatic carbocycles. The van der Waals surface area contributed by atoms with Crippen molar-refractivity contribution < 1.29 is 0 Å². The normalized spacial score (nSPS) is 10.9. The molecule has 0 saturated heterocycles. The maximum Gasteiger partial charge on any atom is -0.00990 e. The van der Waals surface area contributed by atoms with Gasteiger partial charge in [-0.3, -0.25) is 0 Å². The Labute approximate surface area is 64.9 Å². The monoisotopic (exact) mass is 143 g/mol. The van der Waals surface area contributed by atoms with Gasteiger partial charge in [-0.05, 0) is 21.5 Å². The molecule has 1 heteroatoms. The van der Waals surface area contributed by atoms with E-state index in [1.807, 2.05) is 0 Å². The summed E-state index contributed by atoms with van der Waals surface area (Å²) in [5, 5.41) is 5.72. The zero-order chi connectivity index (χ0) is 6.55. The van der Waals surface area contributed by atoms with Crippen LogP contribution in [0.2, 0.25) is 0 Å². The van der Waals surface area contributed by atoms with Gasteiger partial charge in [-0.2, -0.15) is 0 Å². The Hall–Kier alpha value is -1.34. The lowest BCUT2D eigenvalue weighted by Gasteiger charge is -2.11. The molecule has 0 fully saturated rings. The van der Waals surface area contributed by atoms with Crippen LogP contribution < -0.4 is 6.15 Å². The summed E-state index contributed by atoms with van der Waals surface area (Å²) in [7, 11) is 0. The Bertz CT molecular complexity index is 355. The molecule has 0 aromatic heterocycles. The van der Waals surface area contributed by atoms with Crippen molar-refractivity contribution in [2.75, 3.05) is 0 Å². The van der Waals surface area contributed by atoms with E-state index in [1.165, 1.54) is 21.5 Å². The molecule has 0 spiro atoms. The van der Waals surface area contributed by atoms with E-state index in [9.17, 15) is 0 Å². The van der Waals surface area contributed by atoms with E-state index in [-0.39, 0.29) is 6.15 Å². The second-order valence-corrected chi connectivity index (χ2v) is 2.71. The maximum atomic E-state index is 2.18. The topological polar surface area (TPSA) is 35.0 Å². The fourth-order valence-electron chi connectivity index (χ4n) is 1.72. The molecule has 4 rings (SSSR count). The van der Waals surface area contributed by atoms with Gasteiger partial charge in [0.2, 0.25) is 0 Å². The molecular formula is C10H9N. The first-order valence-electron chi connectivity index (χ1n) is 3.49. The van der Waals surface area contributed by atoms with Gasteiger partial charge in [0.05, 0.1) is 0 Å². The highest BCUT2D eigenvalue weighted by Gasteiger charge is 2.07. The molecule has 0 atom stereocenters. The fourth-order valence-corrected chi connectivity index (χ4v) is 1.72. The summed E-state index contributed by atoms with van der Waals surface area (Å²) in [6.07, 6.45) is 0. The summed E-state index contributed by atoms with van der Waals surface area (Å²) >= 11 is 0. The van der Waals surface area contributed by atoms with E-state index in [0.29, 0.717) is 0 Å². The zero-order valence-corrected chi connectivity index (χ0v) is 6.17. The number of fused-ring (bicyclic) bond motifs is 2. The average molecular weight is 143 g/mol.